The Morgan fingerprint density at radius 3 is 2.80 bits per heavy atom. The van der Waals surface area contributed by atoms with E-state index in [-0.39, 0.29) is 18.1 Å². The highest BCUT2D eigenvalue weighted by Crippen LogP contribution is 2.23. The van der Waals surface area contributed by atoms with Gasteiger partial charge in [-0.15, -0.1) is 0 Å². The first-order valence-electron chi connectivity index (χ1n) is 5.63. The fourth-order valence-corrected chi connectivity index (χ4v) is 1.99. The van der Waals surface area contributed by atoms with E-state index in [9.17, 15) is 4.79 Å². The molecule has 0 saturated carbocycles. The van der Waals surface area contributed by atoms with E-state index in [2.05, 4.69) is 17.0 Å². The van der Waals surface area contributed by atoms with Crippen LogP contribution in [-0.2, 0) is 14.3 Å². The number of likely N-dealkylation sites (N-methyl/N-ethyl adjacent to an activating group) is 1. The van der Waals surface area contributed by atoms with Gasteiger partial charge in [-0.05, 0) is 26.3 Å². The maximum absolute atomic E-state index is 11.2. The van der Waals surface area contributed by atoms with Crippen LogP contribution in [0.4, 0.5) is 0 Å². The molecular formula is C11H21NO3. The number of esters is 1. The van der Waals surface area contributed by atoms with Crippen molar-refractivity contribution in [3.63, 3.8) is 0 Å². The van der Waals surface area contributed by atoms with E-state index in [0.717, 1.165) is 19.4 Å². The van der Waals surface area contributed by atoms with Crippen molar-refractivity contribution in [2.75, 3.05) is 13.7 Å². The molecule has 0 spiro atoms. The van der Waals surface area contributed by atoms with Gasteiger partial charge in [0, 0.05) is 6.04 Å². The molecule has 0 aromatic carbocycles. The average Bonchev–Trinajstić information content (AvgIpc) is 2.64. The summed E-state index contributed by atoms with van der Waals surface area (Å²) in [6.07, 6.45) is 2.96. The second-order valence-corrected chi connectivity index (χ2v) is 4.01. The Bertz CT molecular complexity index is 208. The van der Waals surface area contributed by atoms with Crippen molar-refractivity contribution in [1.82, 2.24) is 5.32 Å². The summed E-state index contributed by atoms with van der Waals surface area (Å²) >= 11 is 0. The van der Waals surface area contributed by atoms with Gasteiger partial charge in [0.25, 0.3) is 0 Å². The summed E-state index contributed by atoms with van der Waals surface area (Å²) in [6, 6.07) is 0.0902. The van der Waals surface area contributed by atoms with Crippen LogP contribution in [0.2, 0.25) is 0 Å². The lowest BCUT2D eigenvalue weighted by Crippen LogP contribution is -2.41. The quantitative estimate of drug-likeness (QED) is 0.698. The largest absolute Gasteiger partial charge is 0.469 e. The van der Waals surface area contributed by atoms with Gasteiger partial charge in [0.1, 0.15) is 0 Å². The van der Waals surface area contributed by atoms with E-state index in [1.54, 1.807) is 0 Å². The first kappa shape index (κ1) is 12.5. The van der Waals surface area contributed by atoms with E-state index >= 15 is 0 Å². The Hall–Kier alpha value is -0.610. The molecule has 3 atom stereocenters. The van der Waals surface area contributed by atoms with Gasteiger partial charge in [0.05, 0.1) is 25.7 Å². The molecule has 1 fully saturated rings. The fraction of sp³-hybridized carbons (Fsp3) is 0.909. The summed E-state index contributed by atoms with van der Waals surface area (Å²) in [7, 11) is 1.42. The van der Waals surface area contributed by atoms with Gasteiger partial charge in [0.15, 0.2) is 0 Å². The maximum Gasteiger partial charge on any atom is 0.307 e. The summed E-state index contributed by atoms with van der Waals surface area (Å²) < 4.78 is 10.4. The smallest absolute Gasteiger partial charge is 0.307 e. The first-order valence-corrected chi connectivity index (χ1v) is 5.63. The molecule has 3 unspecified atom stereocenters. The Morgan fingerprint density at radius 2 is 2.33 bits per heavy atom. The normalized spacial score (nSPS) is 27.7. The molecule has 4 nitrogen and oxygen atoms in total. The number of methoxy groups -OCH3 is 1. The fourth-order valence-electron chi connectivity index (χ4n) is 1.99. The average molecular weight is 215 g/mol. The third-order valence-electron chi connectivity index (χ3n) is 2.79. The molecule has 0 radical (unpaired) electrons. The van der Waals surface area contributed by atoms with E-state index in [1.165, 1.54) is 7.11 Å². The minimum absolute atomic E-state index is 0.0902. The molecule has 1 heterocycles. The van der Waals surface area contributed by atoms with Crippen LogP contribution < -0.4 is 5.32 Å². The maximum atomic E-state index is 11.2. The van der Waals surface area contributed by atoms with E-state index in [4.69, 9.17) is 4.74 Å². The number of nitrogens with one attached hydrogen (secondary N) is 1. The summed E-state index contributed by atoms with van der Waals surface area (Å²) in [5.74, 6) is -0.177. The van der Waals surface area contributed by atoms with Gasteiger partial charge in [-0.1, -0.05) is 6.92 Å². The number of rotatable bonds is 5. The van der Waals surface area contributed by atoms with Gasteiger partial charge in [-0.3, -0.25) is 4.79 Å². The zero-order valence-electron chi connectivity index (χ0n) is 9.79. The number of carbonyl (C=O) groups excluding carboxylic acids is 1. The molecule has 1 rings (SSSR count). The van der Waals surface area contributed by atoms with E-state index in [0.29, 0.717) is 12.5 Å². The molecule has 0 aromatic heterocycles. The van der Waals surface area contributed by atoms with Gasteiger partial charge in [0.2, 0.25) is 0 Å². The molecule has 88 valence electrons. The third kappa shape index (κ3) is 3.80. The van der Waals surface area contributed by atoms with Crippen LogP contribution >= 0.6 is 0 Å². The lowest BCUT2D eigenvalue weighted by Gasteiger charge is -2.23. The molecule has 1 saturated heterocycles. The highest BCUT2D eigenvalue weighted by molar-refractivity contribution is 5.70. The molecule has 1 aliphatic heterocycles. The predicted octanol–water partition coefficient (Wildman–Crippen LogP) is 1.10. The Labute approximate surface area is 91.3 Å². The second-order valence-electron chi connectivity index (χ2n) is 4.01. The van der Waals surface area contributed by atoms with Gasteiger partial charge in [-0.2, -0.15) is 0 Å². The molecule has 0 aromatic rings. The Morgan fingerprint density at radius 1 is 1.60 bits per heavy atom. The number of carbonyl (C=O) groups is 1. The van der Waals surface area contributed by atoms with Gasteiger partial charge >= 0.3 is 5.97 Å². The van der Waals surface area contributed by atoms with Crippen LogP contribution in [0, 0.1) is 0 Å². The van der Waals surface area contributed by atoms with Crippen molar-refractivity contribution in [1.29, 1.82) is 0 Å². The van der Waals surface area contributed by atoms with Crippen molar-refractivity contribution >= 4 is 5.97 Å². The molecule has 15 heavy (non-hydrogen) atoms. The van der Waals surface area contributed by atoms with Crippen LogP contribution in [-0.4, -0.2) is 37.9 Å². The number of hydrogen-bond acceptors (Lipinski definition) is 4. The Kier molecular flexibility index (Phi) is 5.05. The van der Waals surface area contributed by atoms with Crippen molar-refractivity contribution in [3.8, 4) is 0 Å². The summed E-state index contributed by atoms with van der Waals surface area (Å²) in [5.41, 5.74) is 0. The standard InChI is InChI=1S/C11H21NO3/c1-4-12-9(7-11(13)14-3)10-6-5-8(2)15-10/h8-10,12H,4-7H2,1-3H3. The Balaban J connectivity index is 2.45. The SMILES string of the molecule is CCNC(CC(=O)OC)C1CCC(C)O1. The number of ether oxygens (including phenoxy) is 2. The molecule has 0 aliphatic carbocycles. The lowest BCUT2D eigenvalue weighted by atomic mass is 10.0. The van der Waals surface area contributed by atoms with Crippen LogP contribution in [0.3, 0.4) is 0 Å². The molecule has 1 aliphatic rings. The molecule has 1 N–H and O–H groups in total. The molecule has 0 bridgehead atoms. The second kappa shape index (κ2) is 6.08. The first-order chi connectivity index (χ1) is 7.17. The number of hydrogen-bond donors (Lipinski definition) is 1. The predicted molar refractivity (Wildman–Crippen MR) is 57.7 cm³/mol. The van der Waals surface area contributed by atoms with Crippen LogP contribution in [0.5, 0.6) is 0 Å². The summed E-state index contributed by atoms with van der Waals surface area (Å²) in [4.78, 5) is 11.2. The van der Waals surface area contributed by atoms with Gasteiger partial charge < -0.3 is 14.8 Å². The lowest BCUT2D eigenvalue weighted by molar-refractivity contribution is -0.142. The molecule has 0 amide bonds. The zero-order valence-corrected chi connectivity index (χ0v) is 9.79. The van der Waals surface area contributed by atoms with Crippen LogP contribution in [0.15, 0.2) is 0 Å². The monoisotopic (exact) mass is 215 g/mol. The van der Waals surface area contributed by atoms with Crippen LogP contribution in [0.1, 0.15) is 33.1 Å². The van der Waals surface area contributed by atoms with Crippen molar-refractivity contribution in [3.05, 3.63) is 0 Å². The summed E-state index contributed by atoms with van der Waals surface area (Å²) in [6.45, 7) is 4.94. The highest BCUT2D eigenvalue weighted by atomic mass is 16.5. The van der Waals surface area contributed by atoms with Crippen molar-refractivity contribution < 1.29 is 14.3 Å². The van der Waals surface area contributed by atoms with Gasteiger partial charge in [-0.25, -0.2) is 0 Å². The topological polar surface area (TPSA) is 47.6 Å². The van der Waals surface area contributed by atoms with E-state index in [1.807, 2.05) is 6.92 Å². The third-order valence-corrected chi connectivity index (χ3v) is 2.79. The minimum Gasteiger partial charge on any atom is -0.469 e. The van der Waals surface area contributed by atoms with Crippen LogP contribution in [0.25, 0.3) is 0 Å². The summed E-state index contributed by atoms with van der Waals surface area (Å²) in [5, 5.41) is 3.28. The van der Waals surface area contributed by atoms with E-state index < -0.39 is 0 Å². The molecule has 4 heteroatoms. The van der Waals surface area contributed by atoms with Crippen molar-refractivity contribution in [2.24, 2.45) is 0 Å². The molecular weight excluding hydrogens is 194 g/mol. The zero-order chi connectivity index (χ0) is 11.3. The van der Waals surface area contributed by atoms with Crippen molar-refractivity contribution in [2.45, 2.75) is 51.4 Å². The minimum atomic E-state index is -0.177. The highest BCUT2D eigenvalue weighted by Gasteiger charge is 2.30.